The highest BCUT2D eigenvalue weighted by atomic mass is 31.2. The zero-order valence-electron chi connectivity index (χ0n) is 47.9. The first-order valence-electron chi connectivity index (χ1n) is 30.9. The van der Waals surface area contributed by atoms with E-state index in [0.717, 1.165) is 38.5 Å². The number of nitrogens with one attached hydrogen (secondary N) is 1. The third kappa shape index (κ3) is 56.3. The van der Waals surface area contributed by atoms with Crippen LogP contribution in [-0.2, 0) is 18.4 Å². The van der Waals surface area contributed by atoms with Crippen molar-refractivity contribution in [1.29, 1.82) is 0 Å². The number of likely N-dealkylation sites (N-methyl/N-ethyl adjacent to an activating group) is 1. The van der Waals surface area contributed by atoms with Crippen LogP contribution in [0.1, 0.15) is 303 Å². The number of carbonyl (C=O) groups excluding carboxylic acids is 1. The second-order valence-electron chi connectivity index (χ2n) is 22.4. The van der Waals surface area contributed by atoms with E-state index in [1.807, 2.05) is 27.2 Å². The molecule has 9 heteroatoms. The first-order valence-corrected chi connectivity index (χ1v) is 32.3. The number of aliphatic hydroxyl groups excluding tert-OH is 1. The number of hydrogen-bond acceptors (Lipinski definition) is 6. The van der Waals surface area contributed by atoms with Crippen LogP contribution in [0.4, 0.5) is 0 Å². The predicted octanol–water partition coefficient (Wildman–Crippen LogP) is 18.3. The molecular formula is C62H121N2O6P. The summed E-state index contributed by atoms with van der Waals surface area (Å²) in [7, 11) is 1.25. The van der Waals surface area contributed by atoms with Crippen molar-refractivity contribution in [1.82, 2.24) is 5.32 Å². The molecule has 0 heterocycles. The largest absolute Gasteiger partial charge is 0.756 e. The fraction of sp³-hybridized carbons (Fsp3) is 0.887. The van der Waals surface area contributed by atoms with Gasteiger partial charge in [-0.2, -0.15) is 0 Å². The predicted molar refractivity (Wildman–Crippen MR) is 307 cm³/mol. The van der Waals surface area contributed by atoms with Gasteiger partial charge in [0.05, 0.1) is 39.9 Å². The number of rotatable bonds is 57. The molecule has 1 amide bonds. The number of allylic oxidation sites excluding steroid dienone is 5. The Labute approximate surface area is 442 Å². The number of phosphoric acid groups is 1. The first-order chi connectivity index (χ1) is 34.5. The zero-order chi connectivity index (χ0) is 52.0. The van der Waals surface area contributed by atoms with Gasteiger partial charge in [0.1, 0.15) is 13.2 Å². The van der Waals surface area contributed by atoms with E-state index >= 15 is 0 Å². The maximum atomic E-state index is 13.0. The summed E-state index contributed by atoms with van der Waals surface area (Å²) in [5.41, 5.74) is 0. The van der Waals surface area contributed by atoms with E-state index in [2.05, 4.69) is 43.5 Å². The smallest absolute Gasteiger partial charge is 0.268 e. The topological polar surface area (TPSA) is 108 Å². The highest BCUT2D eigenvalue weighted by molar-refractivity contribution is 7.45. The molecule has 0 fully saturated rings. The third-order valence-corrected chi connectivity index (χ3v) is 15.0. The van der Waals surface area contributed by atoms with Crippen LogP contribution in [-0.4, -0.2) is 68.5 Å². The van der Waals surface area contributed by atoms with Crippen LogP contribution < -0.4 is 10.2 Å². The lowest BCUT2D eigenvalue weighted by atomic mass is 10.0. The molecule has 71 heavy (non-hydrogen) atoms. The summed E-state index contributed by atoms with van der Waals surface area (Å²) in [5, 5.41) is 13.9. The Morgan fingerprint density at radius 2 is 0.789 bits per heavy atom. The minimum atomic E-state index is -4.60. The van der Waals surface area contributed by atoms with Crippen LogP contribution in [0, 0.1) is 0 Å². The fourth-order valence-corrected chi connectivity index (χ4v) is 9.95. The molecule has 8 nitrogen and oxygen atoms in total. The van der Waals surface area contributed by atoms with Crippen molar-refractivity contribution in [2.24, 2.45) is 0 Å². The molecule has 420 valence electrons. The molecule has 0 saturated heterocycles. The SMILES string of the molecule is CCCCCCCCCC/C=C\CCCCCCCCCCCCCCCCCCCCCCCC(=O)NC(COP(=O)([O-])OCC[N+](C)(C)C)C(O)/C=C/CC/C=C/CCCCCCCCCCCC. The monoisotopic (exact) mass is 1020 g/mol. The lowest BCUT2D eigenvalue weighted by Crippen LogP contribution is -2.45. The van der Waals surface area contributed by atoms with E-state index in [-0.39, 0.29) is 19.1 Å². The van der Waals surface area contributed by atoms with Crippen LogP contribution >= 0.6 is 7.82 Å². The van der Waals surface area contributed by atoms with Crippen molar-refractivity contribution in [3.63, 3.8) is 0 Å². The molecule has 0 aromatic heterocycles. The lowest BCUT2D eigenvalue weighted by molar-refractivity contribution is -0.870. The summed E-state index contributed by atoms with van der Waals surface area (Å²) >= 11 is 0. The van der Waals surface area contributed by atoms with Crippen LogP contribution in [0.25, 0.3) is 0 Å². The van der Waals surface area contributed by atoms with Crippen molar-refractivity contribution >= 4 is 13.7 Å². The van der Waals surface area contributed by atoms with Crippen molar-refractivity contribution < 1.29 is 32.9 Å². The Kier molecular flexibility index (Phi) is 52.6. The van der Waals surface area contributed by atoms with Crippen molar-refractivity contribution in [3.8, 4) is 0 Å². The lowest BCUT2D eigenvalue weighted by Gasteiger charge is -2.29. The fourth-order valence-electron chi connectivity index (χ4n) is 9.23. The Bertz CT molecular complexity index is 1250. The molecule has 0 aliphatic heterocycles. The van der Waals surface area contributed by atoms with Gasteiger partial charge >= 0.3 is 0 Å². The van der Waals surface area contributed by atoms with Crippen LogP contribution in [0.5, 0.6) is 0 Å². The molecule has 0 aromatic rings. The molecular weight excluding hydrogens is 900 g/mol. The number of quaternary nitrogens is 1. The van der Waals surface area contributed by atoms with Crippen LogP contribution in [0.3, 0.4) is 0 Å². The van der Waals surface area contributed by atoms with Crippen molar-refractivity contribution in [2.75, 3.05) is 40.9 Å². The summed E-state index contributed by atoms with van der Waals surface area (Å²) in [6.45, 7) is 4.66. The average molecular weight is 1020 g/mol. The van der Waals surface area contributed by atoms with Crippen molar-refractivity contribution in [2.45, 2.75) is 315 Å². The van der Waals surface area contributed by atoms with Crippen LogP contribution in [0.2, 0.25) is 0 Å². The summed E-state index contributed by atoms with van der Waals surface area (Å²) < 4.78 is 23.3. The number of hydrogen-bond donors (Lipinski definition) is 2. The van der Waals surface area contributed by atoms with Gasteiger partial charge in [0, 0.05) is 6.42 Å². The number of unbranched alkanes of at least 4 members (excludes halogenated alkanes) is 40. The van der Waals surface area contributed by atoms with Gasteiger partial charge in [0.2, 0.25) is 5.91 Å². The van der Waals surface area contributed by atoms with E-state index < -0.39 is 20.0 Å². The van der Waals surface area contributed by atoms with Crippen molar-refractivity contribution in [3.05, 3.63) is 36.5 Å². The number of phosphoric ester groups is 1. The molecule has 0 aliphatic carbocycles. The average Bonchev–Trinajstić information content (AvgIpc) is 3.33. The standard InChI is InChI=1S/C62H121N2O6P/c1-6-8-10-12-14-16-18-20-22-24-25-26-27-28-29-30-31-32-33-34-35-36-37-38-39-40-42-44-46-48-50-52-54-56-62(66)63-60(59-70-71(67,68)69-58-57-64(3,4)5)61(65)55-53-51-49-47-45-43-41-23-21-19-17-15-13-11-9-7-2/h24-25,45,47,53,55,60-61,65H,6-23,26-44,46,48-52,54,56-59H2,1-5H3,(H-,63,66,67,68)/b25-24-,47-45+,55-53+. The molecule has 0 rings (SSSR count). The number of aliphatic hydroxyl groups is 1. The third-order valence-electron chi connectivity index (χ3n) is 14.1. The minimum absolute atomic E-state index is 0.00472. The van der Waals surface area contributed by atoms with E-state index in [9.17, 15) is 19.4 Å². The van der Waals surface area contributed by atoms with Crippen LogP contribution in [0.15, 0.2) is 36.5 Å². The molecule has 0 aliphatic rings. The number of amides is 1. The second kappa shape index (κ2) is 53.5. The molecule has 3 atom stereocenters. The first kappa shape index (κ1) is 69.7. The molecule has 0 radical (unpaired) electrons. The Hall–Kier alpha value is -1.28. The summed E-state index contributed by atoms with van der Waals surface area (Å²) in [6.07, 6.45) is 69.6. The van der Waals surface area contributed by atoms with Gasteiger partial charge in [0.15, 0.2) is 0 Å². The summed E-state index contributed by atoms with van der Waals surface area (Å²) in [4.78, 5) is 25.5. The normalized spacial score (nSPS) is 14.1. The van der Waals surface area contributed by atoms with E-state index in [1.54, 1.807) is 6.08 Å². The molecule has 0 aromatic carbocycles. The minimum Gasteiger partial charge on any atom is -0.756 e. The number of carbonyl (C=O) groups is 1. The Balaban J connectivity index is 4.03. The van der Waals surface area contributed by atoms with Gasteiger partial charge in [-0.25, -0.2) is 0 Å². The van der Waals surface area contributed by atoms with Gasteiger partial charge in [-0.1, -0.05) is 275 Å². The van der Waals surface area contributed by atoms with E-state index in [0.29, 0.717) is 17.4 Å². The van der Waals surface area contributed by atoms with E-state index in [1.165, 1.54) is 244 Å². The van der Waals surface area contributed by atoms with Gasteiger partial charge in [-0.3, -0.25) is 9.36 Å². The molecule has 3 unspecified atom stereocenters. The molecule has 2 N–H and O–H groups in total. The van der Waals surface area contributed by atoms with Gasteiger partial charge < -0.3 is 28.8 Å². The van der Waals surface area contributed by atoms with E-state index in [4.69, 9.17) is 9.05 Å². The summed E-state index contributed by atoms with van der Waals surface area (Å²) in [5.74, 6) is -0.202. The maximum absolute atomic E-state index is 13.0. The number of nitrogens with zero attached hydrogens (tertiary/aromatic N) is 1. The van der Waals surface area contributed by atoms with Gasteiger partial charge in [-0.05, 0) is 57.8 Å². The zero-order valence-corrected chi connectivity index (χ0v) is 48.8. The summed E-state index contributed by atoms with van der Waals surface area (Å²) in [6, 6.07) is -0.901. The Morgan fingerprint density at radius 3 is 1.14 bits per heavy atom. The maximum Gasteiger partial charge on any atom is 0.268 e. The Morgan fingerprint density at radius 1 is 0.479 bits per heavy atom. The van der Waals surface area contributed by atoms with Gasteiger partial charge in [0.25, 0.3) is 7.82 Å². The highest BCUT2D eigenvalue weighted by Crippen LogP contribution is 2.38. The second-order valence-corrected chi connectivity index (χ2v) is 23.8. The quantitative estimate of drug-likeness (QED) is 0.0272. The van der Waals surface area contributed by atoms with Gasteiger partial charge in [-0.15, -0.1) is 0 Å². The molecule has 0 spiro atoms. The highest BCUT2D eigenvalue weighted by Gasteiger charge is 2.23. The molecule has 0 bridgehead atoms. The molecule has 0 saturated carbocycles.